The molecule has 0 saturated carbocycles. The minimum Gasteiger partial charge on any atom is -0.492 e. The SMILES string of the molecule is CCOc1ccc(NC(=O)CS)cc1Cl. The van der Waals surface area contributed by atoms with Gasteiger partial charge in [0, 0.05) is 5.69 Å². The van der Waals surface area contributed by atoms with E-state index in [4.69, 9.17) is 16.3 Å². The van der Waals surface area contributed by atoms with E-state index in [-0.39, 0.29) is 11.7 Å². The summed E-state index contributed by atoms with van der Waals surface area (Å²) in [6.45, 7) is 2.44. The zero-order valence-electron chi connectivity index (χ0n) is 8.29. The summed E-state index contributed by atoms with van der Waals surface area (Å²) in [6.07, 6.45) is 0. The van der Waals surface area contributed by atoms with E-state index >= 15 is 0 Å². The van der Waals surface area contributed by atoms with E-state index in [9.17, 15) is 4.79 Å². The van der Waals surface area contributed by atoms with Gasteiger partial charge in [-0.15, -0.1) is 0 Å². The normalized spacial score (nSPS) is 9.80. The summed E-state index contributed by atoms with van der Waals surface area (Å²) in [5.41, 5.74) is 0.641. The van der Waals surface area contributed by atoms with Crippen molar-refractivity contribution in [2.75, 3.05) is 17.7 Å². The van der Waals surface area contributed by atoms with E-state index in [1.165, 1.54) is 0 Å². The molecule has 0 spiro atoms. The number of hydrogen-bond donors (Lipinski definition) is 2. The van der Waals surface area contributed by atoms with Crippen molar-refractivity contribution in [1.82, 2.24) is 0 Å². The van der Waals surface area contributed by atoms with Crippen LogP contribution >= 0.6 is 24.2 Å². The lowest BCUT2D eigenvalue weighted by molar-refractivity contribution is -0.113. The van der Waals surface area contributed by atoms with Gasteiger partial charge < -0.3 is 10.1 Å². The third kappa shape index (κ3) is 3.64. The van der Waals surface area contributed by atoms with Crippen molar-refractivity contribution < 1.29 is 9.53 Å². The lowest BCUT2D eigenvalue weighted by Gasteiger charge is -2.08. The van der Waals surface area contributed by atoms with E-state index in [1.54, 1.807) is 18.2 Å². The minimum absolute atomic E-state index is 0.144. The molecule has 5 heteroatoms. The Balaban J connectivity index is 2.77. The monoisotopic (exact) mass is 245 g/mol. The van der Waals surface area contributed by atoms with Crippen LogP contribution in [0.2, 0.25) is 5.02 Å². The Morgan fingerprint density at radius 3 is 2.87 bits per heavy atom. The summed E-state index contributed by atoms with van der Waals surface area (Å²) in [4.78, 5) is 11.0. The van der Waals surface area contributed by atoms with Crippen molar-refractivity contribution >= 4 is 35.8 Å². The molecule has 1 N–H and O–H groups in total. The Labute approximate surface area is 99.2 Å². The fourth-order valence-electron chi connectivity index (χ4n) is 1.05. The number of carbonyl (C=O) groups excluding carboxylic acids is 1. The predicted octanol–water partition coefficient (Wildman–Crippen LogP) is 2.61. The number of anilines is 1. The highest BCUT2D eigenvalue weighted by molar-refractivity contribution is 7.81. The second kappa shape index (κ2) is 5.88. The maximum Gasteiger partial charge on any atom is 0.234 e. The standard InChI is InChI=1S/C10H12ClNO2S/c1-2-14-9-4-3-7(5-8(9)11)12-10(13)6-15/h3-5,15H,2,6H2,1H3,(H,12,13). The van der Waals surface area contributed by atoms with Gasteiger partial charge in [-0.2, -0.15) is 12.6 Å². The van der Waals surface area contributed by atoms with Gasteiger partial charge in [0.25, 0.3) is 0 Å². The highest BCUT2D eigenvalue weighted by atomic mass is 35.5. The van der Waals surface area contributed by atoms with Crippen LogP contribution in [0.5, 0.6) is 5.75 Å². The predicted molar refractivity (Wildman–Crippen MR) is 65.1 cm³/mol. The number of hydrogen-bond acceptors (Lipinski definition) is 3. The van der Waals surface area contributed by atoms with E-state index in [2.05, 4.69) is 17.9 Å². The first kappa shape index (κ1) is 12.2. The van der Waals surface area contributed by atoms with Gasteiger partial charge in [0.2, 0.25) is 5.91 Å². The number of amides is 1. The van der Waals surface area contributed by atoms with Crippen LogP contribution in [-0.4, -0.2) is 18.3 Å². The van der Waals surface area contributed by atoms with Crippen molar-refractivity contribution in [3.63, 3.8) is 0 Å². The molecule has 0 bridgehead atoms. The largest absolute Gasteiger partial charge is 0.492 e. The summed E-state index contributed by atoms with van der Waals surface area (Å²) in [5, 5.41) is 3.13. The first-order chi connectivity index (χ1) is 7.17. The third-order valence-electron chi connectivity index (χ3n) is 1.66. The zero-order valence-corrected chi connectivity index (χ0v) is 9.94. The fourth-order valence-corrected chi connectivity index (χ4v) is 1.37. The zero-order chi connectivity index (χ0) is 11.3. The summed E-state index contributed by atoms with van der Waals surface area (Å²) in [7, 11) is 0. The van der Waals surface area contributed by atoms with E-state index < -0.39 is 0 Å². The molecule has 0 radical (unpaired) electrons. The van der Waals surface area contributed by atoms with Gasteiger partial charge in [-0.05, 0) is 25.1 Å². The number of nitrogens with one attached hydrogen (secondary N) is 1. The molecule has 0 atom stereocenters. The molecule has 0 unspecified atom stereocenters. The molecule has 0 aromatic heterocycles. The first-order valence-electron chi connectivity index (χ1n) is 4.50. The lowest BCUT2D eigenvalue weighted by Crippen LogP contribution is -2.12. The van der Waals surface area contributed by atoms with E-state index in [0.29, 0.717) is 23.1 Å². The van der Waals surface area contributed by atoms with Gasteiger partial charge in [-0.3, -0.25) is 4.79 Å². The van der Waals surface area contributed by atoms with Crippen molar-refractivity contribution in [3.05, 3.63) is 23.2 Å². The Kier molecular flexibility index (Phi) is 4.78. The number of thiol groups is 1. The Hall–Kier alpha value is -0.870. The Morgan fingerprint density at radius 2 is 2.33 bits per heavy atom. The van der Waals surface area contributed by atoms with Gasteiger partial charge in [0.15, 0.2) is 0 Å². The molecule has 1 amide bonds. The first-order valence-corrected chi connectivity index (χ1v) is 5.51. The van der Waals surface area contributed by atoms with Crippen LogP contribution in [0.1, 0.15) is 6.92 Å². The summed E-state index contributed by atoms with van der Waals surface area (Å²) in [6, 6.07) is 5.10. The van der Waals surface area contributed by atoms with Crippen LogP contribution in [0.4, 0.5) is 5.69 Å². The van der Waals surface area contributed by atoms with E-state index in [0.717, 1.165) is 0 Å². The summed E-state index contributed by atoms with van der Waals surface area (Å²) < 4.78 is 5.26. The number of rotatable bonds is 4. The van der Waals surface area contributed by atoms with Gasteiger partial charge >= 0.3 is 0 Å². The molecule has 82 valence electrons. The van der Waals surface area contributed by atoms with Crippen molar-refractivity contribution in [2.24, 2.45) is 0 Å². The van der Waals surface area contributed by atoms with Gasteiger partial charge in [0.05, 0.1) is 17.4 Å². The average molecular weight is 246 g/mol. The molecule has 0 aliphatic carbocycles. The average Bonchev–Trinajstić information content (AvgIpc) is 2.22. The fraction of sp³-hybridized carbons (Fsp3) is 0.300. The Morgan fingerprint density at radius 1 is 1.60 bits per heavy atom. The topological polar surface area (TPSA) is 38.3 Å². The molecule has 15 heavy (non-hydrogen) atoms. The molecule has 0 aliphatic heterocycles. The minimum atomic E-state index is -0.168. The van der Waals surface area contributed by atoms with Gasteiger partial charge in [0.1, 0.15) is 5.75 Å². The van der Waals surface area contributed by atoms with E-state index in [1.807, 2.05) is 6.92 Å². The molecule has 1 aromatic carbocycles. The molecule has 3 nitrogen and oxygen atoms in total. The molecule has 1 rings (SSSR count). The smallest absolute Gasteiger partial charge is 0.234 e. The van der Waals surface area contributed by atoms with Gasteiger partial charge in [-0.1, -0.05) is 11.6 Å². The van der Waals surface area contributed by atoms with Gasteiger partial charge in [-0.25, -0.2) is 0 Å². The molecular weight excluding hydrogens is 234 g/mol. The quantitative estimate of drug-likeness (QED) is 0.801. The van der Waals surface area contributed by atoms with Crippen molar-refractivity contribution in [3.8, 4) is 5.75 Å². The van der Waals surface area contributed by atoms with Crippen LogP contribution in [0, 0.1) is 0 Å². The van der Waals surface area contributed by atoms with Crippen LogP contribution in [0.3, 0.4) is 0 Å². The number of halogens is 1. The molecule has 1 aromatic rings. The molecule has 0 saturated heterocycles. The summed E-state index contributed by atoms with van der Waals surface area (Å²) in [5.74, 6) is 0.590. The molecular formula is C10H12ClNO2S. The number of benzene rings is 1. The van der Waals surface area contributed by atoms with Crippen molar-refractivity contribution in [2.45, 2.75) is 6.92 Å². The maximum atomic E-state index is 11.0. The highest BCUT2D eigenvalue weighted by Gasteiger charge is 2.04. The van der Waals surface area contributed by atoms with Crippen LogP contribution in [0.15, 0.2) is 18.2 Å². The number of ether oxygens (including phenoxy) is 1. The second-order valence-corrected chi connectivity index (χ2v) is 3.51. The maximum absolute atomic E-state index is 11.0. The lowest BCUT2D eigenvalue weighted by atomic mass is 10.3. The van der Waals surface area contributed by atoms with Crippen LogP contribution < -0.4 is 10.1 Å². The van der Waals surface area contributed by atoms with Crippen molar-refractivity contribution in [1.29, 1.82) is 0 Å². The van der Waals surface area contributed by atoms with Crippen LogP contribution in [0.25, 0.3) is 0 Å². The second-order valence-electron chi connectivity index (χ2n) is 2.78. The molecule has 0 heterocycles. The third-order valence-corrected chi connectivity index (χ3v) is 2.24. The van der Waals surface area contributed by atoms with Crippen LogP contribution in [-0.2, 0) is 4.79 Å². The molecule has 0 fully saturated rings. The molecule has 0 aliphatic rings. The Bertz CT molecular complexity index is 357. The number of carbonyl (C=O) groups is 1. The summed E-state index contributed by atoms with van der Waals surface area (Å²) >= 11 is 9.80. The highest BCUT2D eigenvalue weighted by Crippen LogP contribution is 2.27.